The molecule has 2 atom stereocenters. The summed E-state index contributed by atoms with van der Waals surface area (Å²) in [5.41, 5.74) is 4.08. The van der Waals surface area contributed by atoms with E-state index in [2.05, 4.69) is 71.6 Å². The lowest BCUT2D eigenvalue weighted by molar-refractivity contribution is 0.102. The Morgan fingerprint density at radius 1 is 0.821 bits per heavy atom. The Hall–Kier alpha value is -1.90. The van der Waals surface area contributed by atoms with E-state index < -0.39 is 0 Å². The normalized spacial score (nSPS) is 26.2. The lowest BCUT2D eigenvalue weighted by Gasteiger charge is -2.36. The van der Waals surface area contributed by atoms with Crippen molar-refractivity contribution in [2.45, 2.75) is 56.7 Å². The van der Waals surface area contributed by atoms with Crippen LogP contribution < -0.4 is 0 Å². The van der Waals surface area contributed by atoms with Crippen LogP contribution in [0.5, 0.6) is 0 Å². The van der Waals surface area contributed by atoms with Crippen molar-refractivity contribution in [1.82, 2.24) is 4.90 Å². The minimum absolute atomic E-state index is 0.00549. The lowest BCUT2D eigenvalue weighted by atomic mass is 9.96. The third-order valence-electron chi connectivity index (χ3n) is 6.77. The van der Waals surface area contributed by atoms with Gasteiger partial charge in [-0.2, -0.15) is 0 Å². The van der Waals surface area contributed by atoms with Crippen LogP contribution in [0.3, 0.4) is 0 Å². The Bertz CT molecular complexity index is 740. The van der Waals surface area contributed by atoms with Crippen LogP contribution in [0, 0.1) is 5.92 Å². The van der Waals surface area contributed by atoms with Gasteiger partial charge in [0.1, 0.15) is 6.10 Å². The van der Waals surface area contributed by atoms with E-state index in [1.165, 1.54) is 56.2 Å². The fraction of sp³-hybridized carbons (Fsp3) is 0.462. The molecule has 2 heterocycles. The van der Waals surface area contributed by atoms with Crippen molar-refractivity contribution in [1.29, 1.82) is 0 Å². The van der Waals surface area contributed by atoms with Crippen LogP contribution in [-0.4, -0.2) is 30.1 Å². The summed E-state index contributed by atoms with van der Waals surface area (Å²) >= 11 is 0. The largest absolute Gasteiger partial charge is 0.365 e. The van der Waals surface area contributed by atoms with Gasteiger partial charge in [0.25, 0.3) is 0 Å². The zero-order valence-electron chi connectivity index (χ0n) is 16.7. The molecule has 146 valence electrons. The summed E-state index contributed by atoms with van der Waals surface area (Å²) in [6.45, 7) is 2.06. The predicted octanol–water partition coefficient (Wildman–Crippen LogP) is 5.76. The number of piperidine rings is 1. The topological polar surface area (TPSA) is 12.5 Å². The number of hydrogen-bond donors (Lipinski definition) is 0. The standard InChI is InChI=1S/C26H31NO/c1-3-7-22(8-4-1)26(23-9-5-2-6-10-23)28-16-15-21-17-24-13-14-25(18-21)27(24)19-20-11-12-20/h1-10,15,20,24-26H,11-14,16-19H2/t24-,25+. The van der Waals surface area contributed by atoms with Gasteiger partial charge < -0.3 is 4.74 Å². The zero-order valence-corrected chi connectivity index (χ0v) is 16.7. The summed E-state index contributed by atoms with van der Waals surface area (Å²) in [6.07, 6.45) is 10.6. The van der Waals surface area contributed by atoms with E-state index in [-0.39, 0.29) is 6.10 Å². The van der Waals surface area contributed by atoms with Gasteiger partial charge in [0.2, 0.25) is 0 Å². The summed E-state index contributed by atoms with van der Waals surface area (Å²) in [5.74, 6) is 1.01. The van der Waals surface area contributed by atoms with E-state index in [0.717, 1.165) is 18.0 Å². The summed E-state index contributed by atoms with van der Waals surface area (Å²) < 4.78 is 6.42. The molecule has 1 aliphatic carbocycles. The van der Waals surface area contributed by atoms with Crippen LogP contribution >= 0.6 is 0 Å². The molecule has 3 aliphatic rings. The van der Waals surface area contributed by atoms with Gasteiger partial charge in [0.05, 0.1) is 6.61 Å². The van der Waals surface area contributed by atoms with Crippen molar-refractivity contribution in [2.24, 2.45) is 5.92 Å². The van der Waals surface area contributed by atoms with Crippen LogP contribution in [0.25, 0.3) is 0 Å². The van der Waals surface area contributed by atoms with Gasteiger partial charge in [0.15, 0.2) is 0 Å². The molecule has 0 aromatic heterocycles. The average Bonchev–Trinajstić information content (AvgIpc) is 3.52. The third kappa shape index (κ3) is 4.09. The van der Waals surface area contributed by atoms with E-state index in [9.17, 15) is 0 Å². The molecule has 2 aromatic carbocycles. The van der Waals surface area contributed by atoms with Gasteiger partial charge in [-0.15, -0.1) is 0 Å². The molecule has 0 unspecified atom stereocenters. The lowest BCUT2D eigenvalue weighted by Crippen LogP contribution is -2.41. The molecule has 0 spiro atoms. The molecule has 2 aromatic rings. The van der Waals surface area contributed by atoms with E-state index in [0.29, 0.717) is 6.61 Å². The Kier molecular flexibility index (Phi) is 5.33. The second-order valence-corrected chi connectivity index (χ2v) is 8.83. The molecule has 0 amide bonds. The van der Waals surface area contributed by atoms with Crippen molar-refractivity contribution < 1.29 is 4.74 Å². The van der Waals surface area contributed by atoms with Gasteiger partial charge in [-0.1, -0.05) is 72.3 Å². The second-order valence-electron chi connectivity index (χ2n) is 8.83. The molecule has 3 fully saturated rings. The van der Waals surface area contributed by atoms with E-state index in [1.807, 2.05) is 0 Å². The zero-order chi connectivity index (χ0) is 18.8. The second kappa shape index (κ2) is 8.23. The summed E-state index contributed by atoms with van der Waals surface area (Å²) in [5, 5.41) is 0. The van der Waals surface area contributed by atoms with Crippen molar-refractivity contribution in [2.75, 3.05) is 13.2 Å². The molecule has 0 N–H and O–H groups in total. The Morgan fingerprint density at radius 2 is 1.39 bits per heavy atom. The van der Waals surface area contributed by atoms with Crippen molar-refractivity contribution in [3.05, 3.63) is 83.4 Å². The van der Waals surface area contributed by atoms with Crippen LogP contribution in [0.4, 0.5) is 0 Å². The third-order valence-corrected chi connectivity index (χ3v) is 6.77. The van der Waals surface area contributed by atoms with Crippen LogP contribution in [0.1, 0.15) is 55.8 Å². The monoisotopic (exact) mass is 373 g/mol. The number of benzene rings is 2. The number of nitrogens with zero attached hydrogens (tertiary/aromatic N) is 1. The molecule has 2 heteroatoms. The van der Waals surface area contributed by atoms with E-state index in [4.69, 9.17) is 4.74 Å². The van der Waals surface area contributed by atoms with Gasteiger partial charge in [-0.05, 0) is 55.6 Å². The van der Waals surface area contributed by atoms with Crippen molar-refractivity contribution in [3.63, 3.8) is 0 Å². The highest BCUT2D eigenvalue weighted by Crippen LogP contribution is 2.41. The maximum Gasteiger partial charge on any atom is 0.108 e. The maximum atomic E-state index is 6.42. The number of rotatable bonds is 7. The van der Waals surface area contributed by atoms with Crippen molar-refractivity contribution in [3.8, 4) is 0 Å². The average molecular weight is 374 g/mol. The SMILES string of the molecule is C(COC(c1ccccc1)c1ccccc1)=C1C[C@H]2CC[C@@H](C1)N2CC1CC1. The Labute approximate surface area is 169 Å². The highest BCUT2D eigenvalue weighted by molar-refractivity contribution is 5.30. The number of hydrogen-bond acceptors (Lipinski definition) is 2. The quantitative estimate of drug-likeness (QED) is 0.573. The molecule has 2 bridgehead atoms. The highest BCUT2D eigenvalue weighted by atomic mass is 16.5. The number of ether oxygens (including phenoxy) is 1. The fourth-order valence-electron chi connectivity index (χ4n) is 5.11. The van der Waals surface area contributed by atoms with E-state index in [1.54, 1.807) is 5.57 Å². The molecule has 2 aliphatic heterocycles. The molecule has 2 saturated heterocycles. The highest BCUT2D eigenvalue weighted by Gasteiger charge is 2.40. The van der Waals surface area contributed by atoms with Crippen LogP contribution in [0.15, 0.2) is 72.3 Å². The van der Waals surface area contributed by atoms with Crippen LogP contribution in [-0.2, 0) is 4.74 Å². The fourth-order valence-corrected chi connectivity index (χ4v) is 5.11. The molecule has 1 saturated carbocycles. The first-order valence-corrected chi connectivity index (χ1v) is 11.0. The Morgan fingerprint density at radius 3 is 1.93 bits per heavy atom. The van der Waals surface area contributed by atoms with Crippen LogP contribution in [0.2, 0.25) is 0 Å². The van der Waals surface area contributed by atoms with Gasteiger partial charge in [-0.25, -0.2) is 0 Å². The van der Waals surface area contributed by atoms with Gasteiger partial charge >= 0.3 is 0 Å². The minimum Gasteiger partial charge on any atom is -0.365 e. The molecule has 28 heavy (non-hydrogen) atoms. The van der Waals surface area contributed by atoms with Gasteiger partial charge in [-0.3, -0.25) is 4.90 Å². The number of fused-ring (bicyclic) bond motifs is 2. The summed E-state index contributed by atoms with van der Waals surface area (Å²) in [4.78, 5) is 2.84. The molecular formula is C26H31NO. The molecule has 2 nitrogen and oxygen atoms in total. The molecular weight excluding hydrogens is 342 g/mol. The van der Waals surface area contributed by atoms with Crippen molar-refractivity contribution >= 4 is 0 Å². The summed E-state index contributed by atoms with van der Waals surface area (Å²) in [6, 6.07) is 22.8. The van der Waals surface area contributed by atoms with E-state index >= 15 is 0 Å². The maximum absolute atomic E-state index is 6.42. The smallest absolute Gasteiger partial charge is 0.108 e. The molecule has 0 radical (unpaired) electrons. The van der Waals surface area contributed by atoms with Gasteiger partial charge in [0, 0.05) is 18.6 Å². The minimum atomic E-state index is 0.00549. The first-order valence-electron chi connectivity index (χ1n) is 11.0. The summed E-state index contributed by atoms with van der Waals surface area (Å²) in [7, 11) is 0. The Balaban J connectivity index is 1.24. The first kappa shape index (κ1) is 18.1. The first-order chi connectivity index (χ1) is 13.9. The predicted molar refractivity (Wildman–Crippen MR) is 114 cm³/mol. The molecule has 5 rings (SSSR count).